The minimum absolute atomic E-state index is 0.368. The highest BCUT2D eigenvalue weighted by Crippen LogP contribution is 2.35. The van der Waals surface area contributed by atoms with Crippen molar-refractivity contribution in [2.45, 2.75) is 13.8 Å². The molecule has 0 amide bonds. The van der Waals surface area contributed by atoms with Crippen molar-refractivity contribution < 1.29 is 18.3 Å². The van der Waals surface area contributed by atoms with Gasteiger partial charge in [0.1, 0.15) is 22.7 Å². The largest absolute Gasteiger partial charge is 0.497 e. The normalized spacial score (nSPS) is 11.2. The number of aryl methyl sites for hydroxylation is 2. The Kier molecular flexibility index (Phi) is 5.21. The van der Waals surface area contributed by atoms with Crippen molar-refractivity contribution in [3.05, 3.63) is 92.6 Å². The first kappa shape index (κ1) is 21.5. The van der Waals surface area contributed by atoms with E-state index in [0.717, 1.165) is 16.5 Å². The number of fused-ring (bicyclic) bond motifs is 3. The smallest absolute Gasteiger partial charge is 0.344 e. The lowest BCUT2D eigenvalue weighted by atomic mass is 9.95. The Bertz CT molecular complexity index is 1660. The number of hydrogen-bond donors (Lipinski definition) is 0. The molecule has 0 atom stereocenters. The lowest BCUT2D eigenvalue weighted by molar-refractivity contribution is 0.414. The van der Waals surface area contributed by atoms with E-state index in [4.69, 9.17) is 18.3 Å². The van der Waals surface area contributed by atoms with Gasteiger partial charge in [-0.3, -0.25) is 0 Å². The molecule has 5 rings (SSSR count). The molecule has 0 saturated heterocycles. The van der Waals surface area contributed by atoms with Gasteiger partial charge in [-0.05, 0) is 72.5 Å². The molecule has 0 aliphatic heterocycles. The fourth-order valence-electron chi connectivity index (χ4n) is 4.45. The summed E-state index contributed by atoms with van der Waals surface area (Å²) in [5.41, 5.74) is 3.66. The summed E-state index contributed by atoms with van der Waals surface area (Å²) in [6.07, 6.45) is 0. The summed E-state index contributed by atoms with van der Waals surface area (Å²) in [6, 6.07) is 18.0. The van der Waals surface area contributed by atoms with Crippen LogP contribution in [0.3, 0.4) is 0 Å². The van der Waals surface area contributed by atoms with Crippen molar-refractivity contribution in [1.82, 2.24) is 0 Å². The third-order valence-electron chi connectivity index (χ3n) is 6.21. The Hall–Kier alpha value is -4.32. The van der Waals surface area contributed by atoms with Gasteiger partial charge in [0.05, 0.1) is 30.7 Å². The number of benzene rings is 3. The Balaban J connectivity index is 1.79. The average Bonchev–Trinajstić information content (AvgIpc) is 2.84. The summed E-state index contributed by atoms with van der Waals surface area (Å²) >= 11 is 0. The second-order valence-electron chi connectivity index (χ2n) is 8.05. The summed E-state index contributed by atoms with van der Waals surface area (Å²) in [7, 11) is 3.18. The average molecular weight is 454 g/mol. The predicted molar refractivity (Wildman–Crippen MR) is 132 cm³/mol. The van der Waals surface area contributed by atoms with Crippen LogP contribution in [0.5, 0.6) is 11.5 Å². The zero-order chi connectivity index (χ0) is 24.0. The molecule has 5 aromatic rings. The summed E-state index contributed by atoms with van der Waals surface area (Å²) in [6.45, 7) is 3.73. The van der Waals surface area contributed by atoms with Crippen LogP contribution in [0, 0.1) is 13.8 Å². The highest BCUT2D eigenvalue weighted by atomic mass is 16.5. The number of rotatable bonds is 4. The highest BCUT2D eigenvalue weighted by Gasteiger charge is 2.20. The molecule has 0 unspecified atom stereocenters. The molecule has 34 heavy (non-hydrogen) atoms. The van der Waals surface area contributed by atoms with Gasteiger partial charge in [-0.1, -0.05) is 24.3 Å². The van der Waals surface area contributed by atoms with Crippen LogP contribution < -0.4 is 20.7 Å². The maximum Gasteiger partial charge on any atom is 0.344 e. The Morgan fingerprint density at radius 2 is 1.12 bits per heavy atom. The minimum atomic E-state index is -0.459. The van der Waals surface area contributed by atoms with Gasteiger partial charge in [-0.15, -0.1) is 0 Å². The number of methoxy groups -OCH3 is 2. The zero-order valence-corrected chi connectivity index (χ0v) is 19.2. The van der Waals surface area contributed by atoms with Gasteiger partial charge in [0, 0.05) is 5.39 Å². The van der Waals surface area contributed by atoms with Gasteiger partial charge in [-0.25, -0.2) is 9.59 Å². The van der Waals surface area contributed by atoms with E-state index < -0.39 is 11.3 Å². The first-order valence-electron chi connectivity index (χ1n) is 10.8. The predicted octanol–water partition coefficient (Wildman–Crippen LogP) is 5.87. The maximum atomic E-state index is 13.2. The van der Waals surface area contributed by atoms with Gasteiger partial charge in [0.15, 0.2) is 0 Å². The summed E-state index contributed by atoms with van der Waals surface area (Å²) in [4.78, 5) is 26.0. The molecule has 0 N–H and O–H groups in total. The SMILES string of the molecule is COc1ccc(-c2c(C)c3ccc4oc(=O)c(-c5ccc(OC)cc5)c(C)c4c3oc2=O)cc1. The number of hydrogen-bond acceptors (Lipinski definition) is 6. The van der Waals surface area contributed by atoms with Gasteiger partial charge in [-0.2, -0.15) is 0 Å². The van der Waals surface area contributed by atoms with Crippen molar-refractivity contribution in [3.63, 3.8) is 0 Å². The van der Waals surface area contributed by atoms with Crippen LogP contribution in [0.1, 0.15) is 11.1 Å². The van der Waals surface area contributed by atoms with E-state index >= 15 is 0 Å². The van der Waals surface area contributed by atoms with E-state index in [2.05, 4.69) is 0 Å². The van der Waals surface area contributed by atoms with E-state index in [1.807, 2.05) is 32.0 Å². The first-order valence-corrected chi connectivity index (χ1v) is 10.8. The third-order valence-corrected chi connectivity index (χ3v) is 6.21. The van der Waals surface area contributed by atoms with Crippen molar-refractivity contribution in [3.8, 4) is 33.8 Å². The van der Waals surface area contributed by atoms with Crippen LogP contribution in [0.2, 0.25) is 0 Å². The monoisotopic (exact) mass is 454 g/mol. The molecule has 0 aliphatic rings. The van der Waals surface area contributed by atoms with E-state index in [-0.39, 0.29) is 0 Å². The molecular formula is C28H22O6. The van der Waals surface area contributed by atoms with Crippen molar-refractivity contribution in [2.75, 3.05) is 14.2 Å². The third kappa shape index (κ3) is 3.35. The molecule has 0 saturated carbocycles. The first-order chi connectivity index (χ1) is 16.4. The molecule has 170 valence electrons. The summed E-state index contributed by atoms with van der Waals surface area (Å²) in [5, 5.41) is 1.37. The van der Waals surface area contributed by atoms with Crippen LogP contribution in [0.15, 0.2) is 79.1 Å². The standard InChI is InChI=1S/C28H22O6/c1-15-21-13-14-22-25(16(2)24(27(29)33-22)18-7-11-20(32-4)12-8-18)26(21)34-28(30)23(15)17-5-9-19(31-3)10-6-17/h5-14H,1-4H3. The fraction of sp³-hybridized carbons (Fsp3) is 0.143. The molecule has 0 fully saturated rings. The van der Waals surface area contributed by atoms with Gasteiger partial charge in [0.25, 0.3) is 0 Å². The second kappa shape index (κ2) is 8.23. The maximum absolute atomic E-state index is 13.2. The summed E-state index contributed by atoms with van der Waals surface area (Å²) < 4.78 is 22.0. The Labute approximate surface area is 195 Å². The molecule has 2 aromatic heterocycles. The lowest BCUT2D eigenvalue weighted by Gasteiger charge is -2.13. The van der Waals surface area contributed by atoms with Crippen molar-refractivity contribution in [2.24, 2.45) is 0 Å². The van der Waals surface area contributed by atoms with Crippen molar-refractivity contribution >= 4 is 21.9 Å². The Morgan fingerprint density at radius 1 is 0.618 bits per heavy atom. The van der Waals surface area contributed by atoms with Gasteiger partial charge < -0.3 is 18.3 Å². The quantitative estimate of drug-likeness (QED) is 0.250. The molecule has 0 bridgehead atoms. The summed E-state index contributed by atoms with van der Waals surface area (Å²) in [5.74, 6) is 1.39. The van der Waals surface area contributed by atoms with Crippen LogP contribution in [0.4, 0.5) is 0 Å². The fourth-order valence-corrected chi connectivity index (χ4v) is 4.45. The molecule has 3 aromatic carbocycles. The molecule has 0 radical (unpaired) electrons. The van der Waals surface area contributed by atoms with Crippen LogP contribution in [-0.2, 0) is 0 Å². The molecule has 2 heterocycles. The molecule has 0 aliphatic carbocycles. The number of ether oxygens (including phenoxy) is 2. The minimum Gasteiger partial charge on any atom is -0.497 e. The zero-order valence-electron chi connectivity index (χ0n) is 19.2. The van der Waals surface area contributed by atoms with Crippen LogP contribution >= 0.6 is 0 Å². The van der Waals surface area contributed by atoms with E-state index in [9.17, 15) is 9.59 Å². The molecule has 6 nitrogen and oxygen atoms in total. The molecule has 6 heteroatoms. The second-order valence-corrected chi connectivity index (χ2v) is 8.05. The molecular weight excluding hydrogens is 432 g/mol. The molecule has 0 spiro atoms. The van der Waals surface area contributed by atoms with Crippen LogP contribution in [0.25, 0.3) is 44.2 Å². The topological polar surface area (TPSA) is 78.9 Å². The van der Waals surface area contributed by atoms with E-state index in [0.29, 0.717) is 50.3 Å². The highest BCUT2D eigenvalue weighted by molar-refractivity contribution is 6.07. The lowest BCUT2D eigenvalue weighted by Crippen LogP contribution is -2.09. The van der Waals surface area contributed by atoms with Crippen LogP contribution in [-0.4, -0.2) is 14.2 Å². The van der Waals surface area contributed by atoms with Crippen molar-refractivity contribution in [1.29, 1.82) is 0 Å². The van der Waals surface area contributed by atoms with Gasteiger partial charge >= 0.3 is 11.3 Å². The van der Waals surface area contributed by atoms with E-state index in [1.165, 1.54) is 0 Å². The Morgan fingerprint density at radius 3 is 1.65 bits per heavy atom. The van der Waals surface area contributed by atoms with E-state index in [1.54, 1.807) is 56.7 Å². The van der Waals surface area contributed by atoms with Gasteiger partial charge in [0.2, 0.25) is 0 Å².